The molecular formula is C25H27FN4O4. The Bertz CT molecular complexity index is 1130. The molecule has 0 bridgehead atoms. The smallest absolute Gasteiger partial charge is 0.317 e. The zero-order valence-corrected chi connectivity index (χ0v) is 19.1. The fraction of sp³-hybridized carbons (Fsp3) is 0.360. The minimum Gasteiger partial charge on any atom is -0.469 e. The second kappa shape index (κ2) is 10.0. The number of esters is 1. The van der Waals surface area contributed by atoms with E-state index in [2.05, 4.69) is 15.6 Å². The summed E-state index contributed by atoms with van der Waals surface area (Å²) in [5.41, 5.74) is 1.69. The number of fused-ring (bicyclic) bond motifs is 1. The summed E-state index contributed by atoms with van der Waals surface area (Å²) in [6.07, 6.45) is 1.25. The van der Waals surface area contributed by atoms with Crippen LogP contribution in [0, 0.1) is 11.7 Å². The molecule has 1 saturated carbocycles. The molecule has 178 valence electrons. The lowest BCUT2D eigenvalue weighted by molar-refractivity contribution is -0.146. The lowest BCUT2D eigenvalue weighted by Gasteiger charge is -2.28. The van der Waals surface area contributed by atoms with Gasteiger partial charge in [0, 0.05) is 24.2 Å². The Kier molecular flexibility index (Phi) is 6.90. The lowest BCUT2D eigenvalue weighted by atomic mass is 9.86. The Morgan fingerprint density at radius 2 is 1.65 bits per heavy atom. The number of benzene rings is 2. The summed E-state index contributed by atoms with van der Waals surface area (Å²) in [5.74, 6) is -1.30. The van der Waals surface area contributed by atoms with Gasteiger partial charge in [0.25, 0.3) is 5.91 Å². The van der Waals surface area contributed by atoms with Crippen molar-refractivity contribution in [2.24, 2.45) is 10.9 Å². The zero-order chi connectivity index (χ0) is 24.2. The number of amides is 3. The fourth-order valence-electron chi connectivity index (χ4n) is 4.48. The number of nitrogens with one attached hydrogen (secondary N) is 2. The topological polar surface area (TPSA) is 100 Å². The first-order valence-corrected chi connectivity index (χ1v) is 11.2. The van der Waals surface area contributed by atoms with Gasteiger partial charge in [-0.3, -0.25) is 9.59 Å². The van der Waals surface area contributed by atoms with Crippen molar-refractivity contribution in [2.45, 2.75) is 37.9 Å². The molecule has 2 aromatic carbocycles. The number of aliphatic imine (C=N–C) groups is 1. The van der Waals surface area contributed by atoms with Gasteiger partial charge < -0.3 is 20.3 Å². The Labute approximate surface area is 197 Å². The van der Waals surface area contributed by atoms with E-state index in [9.17, 15) is 18.8 Å². The number of anilines is 1. The van der Waals surface area contributed by atoms with Crippen molar-refractivity contribution >= 4 is 29.3 Å². The van der Waals surface area contributed by atoms with Gasteiger partial charge >= 0.3 is 12.0 Å². The molecule has 34 heavy (non-hydrogen) atoms. The van der Waals surface area contributed by atoms with E-state index in [0.29, 0.717) is 36.9 Å². The lowest BCUT2D eigenvalue weighted by Crippen LogP contribution is -2.52. The molecule has 0 spiro atoms. The van der Waals surface area contributed by atoms with E-state index in [1.807, 2.05) is 0 Å². The summed E-state index contributed by atoms with van der Waals surface area (Å²) >= 11 is 0. The Hall–Kier alpha value is -3.75. The summed E-state index contributed by atoms with van der Waals surface area (Å²) < 4.78 is 19.5. The van der Waals surface area contributed by atoms with E-state index >= 15 is 0 Å². The van der Waals surface area contributed by atoms with E-state index in [-0.39, 0.29) is 29.2 Å². The molecule has 0 saturated heterocycles. The van der Waals surface area contributed by atoms with Crippen molar-refractivity contribution in [3.8, 4) is 0 Å². The number of benzodiazepines with no additional fused rings is 1. The van der Waals surface area contributed by atoms with Gasteiger partial charge in [-0.05, 0) is 43.9 Å². The van der Waals surface area contributed by atoms with Gasteiger partial charge in [0.1, 0.15) is 5.82 Å². The van der Waals surface area contributed by atoms with E-state index in [1.54, 1.807) is 49.5 Å². The van der Waals surface area contributed by atoms with E-state index in [1.165, 1.54) is 18.1 Å². The average Bonchev–Trinajstić information content (AvgIpc) is 2.95. The van der Waals surface area contributed by atoms with Gasteiger partial charge in [-0.1, -0.05) is 30.3 Å². The van der Waals surface area contributed by atoms with E-state index in [4.69, 9.17) is 4.74 Å². The van der Waals surface area contributed by atoms with Gasteiger partial charge in [0.15, 0.2) is 0 Å². The highest BCUT2D eigenvalue weighted by atomic mass is 19.1. The number of halogens is 1. The van der Waals surface area contributed by atoms with Crippen molar-refractivity contribution in [2.75, 3.05) is 19.1 Å². The standard InChI is InChI=1S/C25H27FN4O4/c1-30-20-10-6-4-8-18(20)21(17-7-3-5-9-19(17)26)28-22(23(30)31)29-25(33)27-16-13-11-15(12-14-16)24(32)34-2/h3-10,15-16,22H,11-14H2,1-2H3,(H2,27,29,33). The molecule has 0 radical (unpaired) electrons. The number of carbonyl (C=O) groups is 3. The Morgan fingerprint density at radius 1 is 1.00 bits per heavy atom. The predicted molar refractivity (Wildman–Crippen MR) is 125 cm³/mol. The second-order valence-corrected chi connectivity index (χ2v) is 8.46. The minimum absolute atomic E-state index is 0.133. The number of hydrogen-bond acceptors (Lipinski definition) is 5. The highest BCUT2D eigenvalue weighted by molar-refractivity contribution is 6.20. The molecule has 1 heterocycles. The van der Waals surface area contributed by atoms with Gasteiger partial charge in [0.05, 0.1) is 24.4 Å². The molecule has 1 unspecified atom stereocenters. The number of nitrogens with zero attached hydrogens (tertiary/aromatic N) is 2. The largest absolute Gasteiger partial charge is 0.469 e. The number of likely N-dealkylation sites (N-methyl/N-ethyl adjacent to an activating group) is 1. The van der Waals surface area contributed by atoms with Crippen molar-refractivity contribution in [1.29, 1.82) is 0 Å². The highest BCUT2D eigenvalue weighted by Crippen LogP contribution is 2.28. The van der Waals surface area contributed by atoms with Crippen LogP contribution >= 0.6 is 0 Å². The maximum atomic E-state index is 14.7. The molecule has 2 aliphatic rings. The summed E-state index contributed by atoms with van der Waals surface area (Å²) in [5, 5.41) is 5.51. The summed E-state index contributed by atoms with van der Waals surface area (Å²) in [6, 6.07) is 12.6. The first-order chi connectivity index (χ1) is 16.4. The van der Waals surface area contributed by atoms with Crippen molar-refractivity contribution in [1.82, 2.24) is 10.6 Å². The predicted octanol–water partition coefficient (Wildman–Crippen LogP) is 3.00. The number of hydrogen-bond donors (Lipinski definition) is 2. The van der Waals surface area contributed by atoms with Crippen LogP contribution in [0.1, 0.15) is 36.8 Å². The molecular weight excluding hydrogens is 439 g/mol. The number of rotatable bonds is 4. The number of para-hydroxylation sites is 1. The molecule has 9 heteroatoms. The number of ether oxygens (including phenoxy) is 1. The fourth-order valence-corrected chi connectivity index (χ4v) is 4.48. The summed E-state index contributed by atoms with van der Waals surface area (Å²) in [4.78, 5) is 43.6. The molecule has 8 nitrogen and oxygen atoms in total. The van der Waals surface area contributed by atoms with Gasteiger partial charge in [0.2, 0.25) is 6.17 Å². The first-order valence-electron chi connectivity index (χ1n) is 11.2. The number of urea groups is 1. The van der Waals surface area contributed by atoms with E-state index < -0.39 is 23.9 Å². The van der Waals surface area contributed by atoms with Crippen LogP contribution in [0.25, 0.3) is 0 Å². The second-order valence-electron chi connectivity index (χ2n) is 8.46. The van der Waals surface area contributed by atoms with Crippen LogP contribution in [-0.2, 0) is 14.3 Å². The number of carbonyl (C=O) groups excluding carboxylic acids is 3. The van der Waals surface area contributed by atoms with Crippen molar-refractivity contribution in [3.63, 3.8) is 0 Å². The molecule has 2 N–H and O–H groups in total. The molecule has 3 amide bonds. The van der Waals surface area contributed by atoms with Crippen molar-refractivity contribution < 1.29 is 23.5 Å². The molecule has 1 aliphatic carbocycles. The third-order valence-electron chi connectivity index (χ3n) is 6.34. The van der Waals surface area contributed by atoms with Crippen LogP contribution in [0.4, 0.5) is 14.9 Å². The van der Waals surface area contributed by atoms with Crippen LogP contribution in [0.5, 0.6) is 0 Å². The van der Waals surface area contributed by atoms with Crippen molar-refractivity contribution in [3.05, 3.63) is 65.5 Å². The van der Waals surface area contributed by atoms with Crippen LogP contribution < -0.4 is 15.5 Å². The van der Waals surface area contributed by atoms with Gasteiger partial charge in [-0.15, -0.1) is 0 Å². The van der Waals surface area contributed by atoms with Crippen LogP contribution in [-0.4, -0.2) is 50.0 Å². The Balaban J connectivity index is 1.55. The van der Waals surface area contributed by atoms with Crippen LogP contribution in [0.3, 0.4) is 0 Å². The van der Waals surface area contributed by atoms with E-state index in [0.717, 1.165) is 0 Å². The summed E-state index contributed by atoms with van der Waals surface area (Å²) in [7, 11) is 2.97. The summed E-state index contributed by atoms with van der Waals surface area (Å²) in [6.45, 7) is 0. The third kappa shape index (κ3) is 4.78. The normalized spacial score (nSPS) is 22.2. The first kappa shape index (κ1) is 23.4. The Morgan fingerprint density at radius 3 is 2.32 bits per heavy atom. The maximum absolute atomic E-state index is 14.7. The van der Waals surface area contributed by atoms with Crippen LogP contribution in [0.15, 0.2) is 53.5 Å². The number of methoxy groups -OCH3 is 1. The quantitative estimate of drug-likeness (QED) is 0.677. The molecule has 2 aromatic rings. The average molecular weight is 467 g/mol. The van der Waals surface area contributed by atoms with Gasteiger partial charge in [-0.25, -0.2) is 14.2 Å². The highest BCUT2D eigenvalue weighted by Gasteiger charge is 2.33. The molecule has 1 atom stereocenters. The zero-order valence-electron chi connectivity index (χ0n) is 19.1. The van der Waals surface area contributed by atoms with Crippen LogP contribution in [0.2, 0.25) is 0 Å². The molecule has 1 fully saturated rings. The molecule has 4 rings (SSSR count). The molecule has 0 aromatic heterocycles. The monoisotopic (exact) mass is 466 g/mol. The maximum Gasteiger partial charge on any atom is 0.317 e. The van der Waals surface area contributed by atoms with Gasteiger partial charge in [-0.2, -0.15) is 0 Å². The minimum atomic E-state index is -1.24. The third-order valence-corrected chi connectivity index (χ3v) is 6.34. The molecule has 1 aliphatic heterocycles. The SMILES string of the molecule is COC(=O)C1CCC(NC(=O)NC2N=C(c3ccccc3F)c3ccccc3N(C)C2=O)CC1.